The van der Waals surface area contributed by atoms with Crippen LogP contribution in [0.5, 0.6) is 0 Å². The van der Waals surface area contributed by atoms with Crippen molar-refractivity contribution < 1.29 is 32.5 Å². The highest BCUT2D eigenvalue weighted by molar-refractivity contribution is 5.94. The van der Waals surface area contributed by atoms with Crippen molar-refractivity contribution in [2.45, 2.75) is 18.9 Å². The van der Waals surface area contributed by atoms with Gasteiger partial charge in [0.25, 0.3) is 11.8 Å². The molecule has 0 aliphatic heterocycles. The third kappa shape index (κ3) is 6.03. The maximum atomic E-state index is 13.5. The Balaban J connectivity index is 1.71. The maximum Gasteiger partial charge on any atom is 0.275 e. The van der Waals surface area contributed by atoms with E-state index >= 15 is 0 Å². The number of nitrogens with one attached hydrogen (secondary N) is 4. The zero-order valence-electron chi connectivity index (χ0n) is 14.1. The van der Waals surface area contributed by atoms with Gasteiger partial charge in [0.2, 0.25) is 5.91 Å². The standard InChI is InChI=1S/C16H19F3N4O3/c1-23(8-14(26)21-9-2-3-9)7-13(25)20-6-12(24)22-11-5-4-10(17)15(18)16(11)19/h4-5,9H,2-3,6-8H2,1H3,(H,20,25)(H,21,26)(H,22,24)/p+1. The van der Waals surface area contributed by atoms with Gasteiger partial charge in [-0.3, -0.25) is 14.4 Å². The van der Waals surface area contributed by atoms with Crippen LogP contribution in [0.25, 0.3) is 0 Å². The first-order valence-electron chi connectivity index (χ1n) is 8.07. The van der Waals surface area contributed by atoms with Gasteiger partial charge in [0.05, 0.1) is 19.3 Å². The lowest BCUT2D eigenvalue weighted by molar-refractivity contribution is -0.862. The molecule has 7 nitrogen and oxygen atoms in total. The fraction of sp³-hybridized carbons (Fsp3) is 0.438. The van der Waals surface area contributed by atoms with Crippen LogP contribution >= 0.6 is 0 Å². The van der Waals surface area contributed by atoms with Crippen molar-refractivity contribution in [1.29, 1.82) is 0 Å². The molecule has 1 aromatic carbocycles. The minimum atomic E-state index is -1.69. The molecule has 3 amide bonds. The fourth-order valence-electron chi connectivity index (χ4n) is 2.18. The molecule has 1 aliphatic rings. The second-order valence-electron chi connectivity index (χ2n) is 6.20. The SMILES string of the molecule is C[NH+](CC(=O)NCC(=O)Nc1ccc(F)c(F)c1F)CC(=O)NC1CC1. The van der Waals surface area contributed by atoms with Crippen molar-refractivity contribution in [3.63, 3.8) is 0 Å². The van der Waals surface area contributed by atoms with Gasteiger partial charge in [0.1, 0.15) is 0 Å². The summed E-state index contributed by atoms with van der Waals surface area (Å²) in [6, 6.07) is 1.80. The molecule has 0 saturated heterocycles. The van der Waals surface area contributed by atoms with Crippen molar-refractivity contribution in [2.24, 2.45) is 0 Å². The van der Waals surface area contributed by atoms with E-state index in [0.717, 1.165) is 18.9 Å². The van der Waals surface area contributed by atoms with Gasteiger partial charge >= 0.3 is 0 Å². The lowest BCUT2D eigenvalue weighted by Crippen LogP contribution is -3.11. The molecule has 0 bridgehead atoms. The third-order valence-corrected chi connectivity index (χ3v) is 3.62. The summed E-state index contributed by atoms with van der Waals surface area (Å²) >= 11 is 0. The predicted molar refractivity (Wildman–Crippen MR) is 85.7 cm³/mol. The molecular formula is C16H20F3N4O3+. The summed E-state index contributed by atoms with van der Waals surface area (Å²) in [5, 5.41) is 7.15. The molecule has 2 rings (SSSR count). The minimum Gasteiger partial charge on any atom is -0.348 e. The molecule has 1 atom stereocenters. The Hall–Kier alpha value is -2.62. The molecule has 0 heterocycles. The number of halogens is 3. The van der Waals surface area contributed by atoms with E-state index in [-0.39, 0.29) is 25.0 Å². The number of carbonyl (C=O) groups excluding carboxylic acids is 3. The zero-order chi connectivity index (χ0) is 19.3. The van der Waals surface area contributed by atoms with Gasteiger partial charge in [-0.1, -0.05) is 0 Å². The highest BCUT2D eigenvalue weighted by atomic mass is 19.2. The van der Waals surface area contributed by atoms with E-state index in [9.17, 15) is 27.6 Å². The van der Waals surface area contributed by atoms with Crippen LogP contribution in [0.4, 0.5) is 18.9 Å². The average Bonchev–Trinajstić information content (AvgIpc) is 3.37. The quantitative estimate of drug-likeness (QED) is 0.439. The second-order valence-corrected chi connectivity index (χ2v) is 6.20. The molecule has 1 saturated carbocycles. The number of likely N-dealkylation sites (N-methyl/N-ethyl adjacent to an activating group) is 1. The Bertz CT molecular complexity index is 710. The van der Waals surface area contributed by atoms with Crippen LogP contribution in [-0.2, 0) is 14.4 Å². The van der Waals surface area contributed by atoms with Crippen LogP contribution in [0.1, 0.15) is 12.8 Å². The highest BCUT2D eigenvalue weighted by Crippen LogP contribution is 2.19. The van der Waals surface area contributed by atoms with E-state index in [1.165, 1.54) is 0 Å². The van der Waals surface area contributed by atoms with E-state index in [1.807, 2.05) is 5.32 Å². The Kier molecular flexibility index (Phi) is 6.56. The van der Waals surface area contributed by atoms with Crippen LogP contribution in [-0.4, -0.2) is 50.4 Å². The van der Waals surface area contributed by atoms with Gasteiger partial charge in [-0.15, -0.1) is 0 Å². The predicted octanol–water partition coefficient (Wildman–Crippen LogP) is -1.05. The number of carbonyl (C=O) groups is 3. The molecular weight excluding hydrogens is 353 g/mol. The molecule has 26 heavy (non-hydrogen) atoms. The van der Waals surface area contributed by atoms with Crippen LogP contribution < -0.4 is 20.9 Å². The Morgan fingerprint density at radius 1 is 1.04 bits per heavy atom. The average molecular weight is 373 g/mol. The van der Waals surface area contributed by atoms with Crippen LogP contribution in [0.2, 0.25) is 0 Å². The molecule has 1 aromatic rings. The summed E-state index contributed by atoms with van der Waals surface area (Å²) in [5.41, 5.74) is -0.525. The van der Waals surface area contributed by atoms with E-state index in [4.69, 9.17) is 0 Å². The van der Waals surface area contributed by atoms with Crippen molar-refractivity contribution in [1.82, 2.24) is 10.6 Å². The van der Waals surface area contributed by atoms with E-state index in [2.05, 4.69) is 10.6 Å². The molecule has 10 heteroatoms. The van der Waals surface area contributed by atoms with E-state index in [0.29, 0.717) is 11.0 Å². The number of quaternary nitrogens is 1. The van der Waals surface area contributed by atoms with Crippen LogP contribution in [0.15, 0.2) is 12.1 Å². The summed E-state index contributed by atoms with van der Waals surface area (Å²) < 4.78 is 39.4. The van der Waals surface area contributed by atoms with Gasteiger partial charge in [-0.25, -0.2) is 13.2 Å². The first kappa shape index (κ1) is 19.7. The Morgan fingerprint density at radius 2 is 1.69 bits per heavy atom. The summed E-state index contributed by atoms with van der Waals surface area (Å²) in [6.07, 6.45) is 1.94. The van der Waals surface area contributed by atoms with Crippen molar-refractivity contribution in [2.75, 3.05) is 32.0 Å². The third-order valence-electron chi connectivity index (χ3n) is 3.62. The first-order chi connectivity index (χ1) is 12.3. The molecule has 1 aliphatic carbocycles. The topological polar surface area (TPSA) is 91.7 Å². The highest BCUT2D eigenvalue weighted by Gasteiger charge is 2.25. The Labute approximate surface area is 147 Å². The van der Waals surface area contributed by atoms with Crippen LogP contribution in [0, 0.1) is 17.5 Å². The minimum absolute atomic E-state index is 0.0368. The monoisotopic (exact) mass is 373 g/mol. The smallest absolute Gasteiger partial charge is 0.275 e. The van der Waals surface area contributed by atoms with Gasteiger partial charge in [0, 0.05) is 6.04 Å². The van der Waals surface area contributed by atoms with Crippen molar-refractivity contribution in [3.8, 4) is 0 Å². The van der Waals surface area contributed by atoms with Gasteiger partial charge in [-0.2, -0.15) is 0 Å². The van der Waals surface area contributed by atoms with Gasteiger partial charge in [-0.05, 0) is 25.0 Å². The normalized spacial score (nSPS) is 14.5. The number of hydrogen-bond acceptors (Lipinski definition) is 3. The number of benzene rings is 1. The number of hydrogen-bond donors (Lipinski definition) is 4. The van der Waals surface area contributed by atoms with Gasteiger partial charge in [0.15, 0.2) is 30.5 Å². The van der Waals surface area contributed by atoms with Crippen LogP contribution in [0.3, 0.4) is 0 Å². The fourth-order valence-corrected chi connectivity index (χ4v) is 2.18. The van der Waals surface area contributed by atoms with Gasteiger partial charge < -0.3 is 20.9 Å². The molecule has 4 N–H and O–H groups in total. The molecule has 0 spiro atoms. The lowest BCUT2D eigenvalue weighted by Gasteiger charge is -2.13. The van der Waals surface area contributed by atoms with Crippen molar-refractivity contribution in [3.05, 3.63) is 29.6 Å². The lowest BCUT2D eigenvalue weighted by atomic mass is 10.2. The van der Waals surface area contributed by atoms with Crippen molar-refractivity contribution >= 4 is 23.4 Å². The maximum absolute atomic E-state index is 13.5. The summed E-state index contributed by atoms with van der Waals surface area (Å²) in [6.45, 7) is -0.389. The summed E-state index contributed by atoms with van der Waals surface area (Å²) in [4.78, 5) is 35.7. The number of anilines is 1. The van der Waals surface area contributed by atoms with E-state index < -0.39 is 41.5 Å². The summed E-state index contributed by atoms with van der Waals surface area (Å²) in [5.74, 6) is -6.01. The molecule has 1 unspecified atom stereocenters. The number of amides is 3. The Morgan fingerprint density at radius 3 is 2.35 bits per heavy atom. The first-order valence-corrected chi connectivity index (χ1v) is 8.07. The largest absolute Gasteiger partial charge is 0.348 e. The summed E-state index contributed by atoms with van der Waals surface area (Å²) in [7, 11) is 1.66. The molecule has 1 fully saturated rings. The number of rotatable bonds is 8. The zero-order valence-corrected chi connectivity index (χ0v) is 14.1. The van der Waals surface area contributed by atoms with E-state index in [1.54, 1.807) is 7.05 Å². The molecule has 142 valence electrons. The second kappa shape index (κ2) is 8.65. The molecule has 0 radical (unpaired) electrons. The molecule has 0 aromatic heterocycles.